The van der Waals surface area contributed by atoms with Gasteiger partial charge in [-0.15, -0.1) is 0 Å². The lowest BCUT2D eigenvalue weighted by Gasteiger charge is -2.35. The molecule has 2 amide bonds. The van der Waals surface area contributed by atoms with Gasteiger partial charge in [-0.3, -0.25) is 19.6 Å². The zero-order valence-corrected chi connectivity index (χ0v) is 21.8. The Morgan fingerprint density at radius 1 is 0.949 bits per heavy atom. The Morgan fingerprint density at radius 3 is 2.33 bits per heavy atom. The van der Waals surface area contributed by atoms with Gasteiger partial charge in [-0.1, -0.05) is 24.6 Å². The van der Waals surface area contributed by atoms with Crippen molar-refractivity contribution in [1.29, 1.82) is 0 Å². The van der Waals surface area contributed by atoms with Crippen LogP contribution in [0.3, 0.4) is 0 Å². The Balaban J connectivity index is 0.982. The summed E-state index contributed by atoms with van der Waals surface area (Å²) >= 11 is 0. The van der Waals surface area contributed by atoms with Gasteiger partial charge in [0, 0.05) is 24.4 Å². The molecule has 2 aromatic rings. The van der Waals surface area contributed by atoms with Gasteiger partial charge in [0.15, 0.2) is 0 Å². The van der Waals surface area contributed by atoms with E-state index in [1.54, 1.807) is 0 Å². The third-order valence-electron chi connectivity index (χ3n) is 10.8. The number of aliphatic hydroxyl groups is 1. The monoisotopic (exact) mass is 544 g/mol. The highest BCUT2D eigenvalue weighted by Gasteiger charge is 2.71. The average molecular weight is 545 g/mol. The van der Waals surface area contributed by atoms with E-state index in [1.165, 1.54) is 10.3 Å². The second-order valence-corrected chi connectivity index (χ2v) is 12.6. The minimum Gasteiger partial charge on any atom is -0.392 e. The Kier molecular flexibility index (Phi) is 6.08. The zero-order chi connectivity index (χ0) is 27.1. The molecule has 3 heterocycles. The Bertz CT molecular complexity index is 1270. The maximum Gasteiger partial charge on any atom is 0.394 e. The number of nitrogens with zero attached hydrogens (tertiary/aromatic N) is 3. The number of benzene rings is 1. The molecule has 10 heteroatoms. The fraction of sp³-hybridized carbons (Fsp3) is 0.690. The van der Waals surface area contributed by atoms with Crippen LogP contribution >= 0.6 is 0 Å². The average Bonchev–Trinajstić information content (AvgIpc) is 3.71. The predicted molar refractivity (Wildman–Crippen MR) is 136 cm³/mol. The van der Waals surface area contributed by atoms with Gasteiger partial charge in [0.25, 0.3) is 0 Å². The summed E-state index contributed by atoms with van der Waals surface area (Å²) in [6.07, 6.45) is -0.973. The van der Waals surface area contributed by atoms with Crippen molar-refractivity contribution in [2.24, 2.45) is 41.4 Å². The molecule has 39 heavy (non-hydrogen) atoms. The lowest BCUT2D eigenvalue weighted by molar-refractivity contribution is -0.219. The number of likely N-dealkylation sites (tertiary alicyclic amines) is 2. The molecule has 3 aliphatic carbocycles. The molecule has 210 valence electrons. The third kappa shape index (κ3) is 4.04. The number of para-hydroxylation sites is 1. The maximum absolute atomic E-state index is 13.6. The number of rotatable bonds is 5. The Hall–Kier alpha value is -2.46. The zero-order valence-electron chi connectivity index (χ0n) is 21.8. The molecule has 0 radical (unpaired) electrons. The highest BCUT2D eigenvalue weighted by Crippen LogP contribution is 2.62. The molecule has 8 atom stereocenters. The van der Waals surface area contributed by atoms with Crippen LogP contribution in [0.4, 0.5) is 13.2 Å². The molecule has 5 aliphatic rings. The van der Waals surface area contributed by atoms with E-state index in [0.29, 0.717) is 18.4 Å². The summed E-state index contributed by atoms with van der Waals surface area (Å²) in [5, 5.41) is 19.3. The molecule has 2 saturated heterocycles. The first-order chi connectivity index (χ1) is 18.7. The van der Waals surface area contributed by atoms with Crippen molar-refractivity contribution in [3.05, 3.63) is 30.0 Å². The number of hydrogen-bond acceptors (Lipinski definition) is 5. The van der Waals surface area contributed by atoms with Gasteiger partial charge in [-0.25, -0.2) is 0 Å². The highest BCUT2D eigenvalue weighted by molar-refractivity contribution is 6.06. The normalized spacial score (nSPS) is 37.5. The van der Waals surface area contributed by atoms with Gasteiger partial charge in [-0.2, -0.15) is 18.3 Å². The van der Waals surface area contributed by atoms with E-state index in [-0.39, 0.29) is 18.2 Å². The number of alkyl halides is 3. The van der Waals surface area contributed by atoms with Crippen LogP contribution in [-0.2, 0) is 9.59 Å². The number of amides is 2. The van der Waals surface area contributed by atoms with Gasteiger partial charge in [0.2, 0.25) is 11.8 Å². The van der Waals surface area contributed by atoms with Crippen LogP contribution < -0.4 is 0 Å². The Morgan fingerprint density at radius 2 is 1.62 bits per heavy atom. The van der Waals surface area contributed by atoms with Gasteiger partial charge >= 0.3 is 6.18 Å². The lowest BCUT2D eigenvalue weighted by Crippen LogP contribution is -2.46. The number of piperidine rings is 1. The van der Waals surface area contributed by atoms with Gasteiger partial charge in [0.05, 0.1) is 35.1 Å². The van der Waals surface area contributed by atoms with Crippen LogP contribution in [0, 0.1) is 41.4 Å². The molecule has 5 fully saturated rings. The number of hydrogen-bond donors (Lipinski definition) is 2. The van der Waals surface area contributed by atoms with Crippen LogP contribution in [0.25, 0.3) is 10.9 Å². The fourth-order valence-electron chi connectivity index (χ4n) is 8.99. The molecule has 0 spiro atoms. The quantitative estimate of drug-likeness (QED) is 0.557. The van der Waals surface area contributed by atoms with E-state index in [9.17, 15) is 27.9 Å². The maximum atomic E-state index is 13.6. The summed E-state index contributed by atoms with van der Waals surface area (Å²) in [7, 11) is 0. The molecule has 2 aliphatic heterocycles. The summed E-state index contributed by atoms with van der Waals surface area (Å²) in [4.78, 5) is 30.4. The van der Waals surface area contributed by atoms with Crippen molar-refractivity contribution in [2.75, 3.05) is 26.2 Å². The van der Waals surface area contributed by atoms with Crippen LogP contribution in [-0.4, -0.2) is 75.4 Å². The minimum atomic E-state index is -4.56. The summed E-state index contributed by atoms with van der Waals surface area (Å²) in [5.74, 6) is -5.19. The number of halogens is 3. The molecule has 3 saturated carbocycles. The van der Waals surface area contributed by atoms with E-state index in [0.717, 1.165) is 62.9 Å². The van der Waals surface area contributed by atoms with Crippen molar-refractivity contribution < 1.29 is 27.9 Å². The molecular formula is C29H35F3N4O3. The molecular weight excluding hydrogens is 509 g/mol. The van der Waals surface area contributed by atoms with Crippen LogP contribution in [0.15, 0.2) is 24.3 Å². The Labute approximate surface area is 225 Å². The summed E-state index contributed by atoms with van der Waals surface area (Å²) in [5.41, 5.74) is 2.21. The van der Waals surface area contributed by atoms with Crippen molar-refractivity contribution in [2.45, 2.75) is 56.7 Å². The number of carbonyl (C=O) groups is 2. The van der Waals surface area contributed by atoms with E-state index >= 15 is 0 Å². The largest absolute Gasteiger partial charge is 0.394 e. The van der Waals surface area contributed by atoms with Crippen molar-refractivity contribution in [3.63, 3.8) is 0 Å². The topological polar surface area (TPSA) is 89.5 Å². The third-order valence-corrected chi connectivity index (χ3v) is 10.8. The highest BCUT2D eigenvalue weighted by atomic mass is 19.4. The first-order valence-electron chi connectivity index (χ1n) is 14.5. The van der Waals surface area contributed by atoms with Gasteiger partial charge in [-0.05, 0) is 74.9 Å². The first-order valence-corrected chi connectivity index (χ1v) is 14.5. The predicted octanol–water partition coefficient (Wildman–Crippen LogP) is 3.95. The lowest BCUT2D eigenvalue weighted by atomic mass is 9.73. The number of imide groups is 1. The number of H-pyrrole nitrogens is 1. The number of aromatic amines is 1. The second-order valence-electron chi connectivity index (χ2n) is 12.6. The van der Waals surface area contributed by atoms with Crippen molar-refractivity contribution >= 4 is 22.7 Å². The summed E-state index contributed by atoms with van der Waals surface area (Å²) in [6, 6.07) is 8.22. The van der Waals surface area contributed by atoms with Crippen molar-refractivity contribution in [1.82, 2.24) is 20.0 Å². The number of nitrogens with one attached hydrogen (secondary N) is 1. The second kappa shape index (κ2) is 9.29. The van der Waals surface area contributed by atoms with Crippen LogP contribution in [0.5, 0.6) is 0 Å². The van der Waals surface area contributed by atoms with E-state index < -0.39 is 47.8 Å². The standard InChI is InChI=1S/C29H35F3N4O3/c30-29(31,32)24-19-12-20(26(24)37)23-22(19)27(38)36(28(23)39)14-17-5-3-4-16(17)13-35-10-8-15(9-11-35)25-18-6-1-2-7-21(18)33-34-25/h1-2,6-7,15-17,19-20,22-24,26,37H,3-5,8-14H2,(H,33,34)/t16-,17?,19?,20?,22?,23?,24?,26?/m1/s1. The number of carbonyl (C=O) groups excluding carboxylic acids is 2. The molecule has 1 aromatic heterocycles. The molecule has 7 unspecified atom stereocenters. The fourth-order valence-corrected chi connectivity index (χ4v) is 8.99. The first kappa shape index (κ1) is 25.5. The smallest absolute Gasteiger partial charge is 0.392 e. The molecule has 7 nitrogen and oxygen atoms in total. The van der Waals surface area contributed by atoms with E-state index in [1.807, 2.05) is 18.2 Å². The number of fused-ring (bicyclic) bond motifs is 6. The number of aromatic nitrogens is 2. The van der Waals surface area contributed by atoms with Crippen LogP contribution in [0.1, 0.15) is 50.1 Å². The minimum absolute atomic E-state index is 0.113. The van der Waals surface area contributed by atoms with Gasteiger partial charge < -0.3 is 10.0 Å². The molecule has 1 aromatic carbocycles. The van der Waals surface area contributed by atoms with E-state index in [2.05, 4.69) is 21.2 Å². The molecule has 2 bridgehead atoms. The van der Waals surface area contributed by atoms with E-state index in [4.69, 9.17) is 0 Å². The van der Waals surface area contributed by atoms with Crippen LogP contribution in [0.2, 0.25) is 0 Å². The number of aliphatic hydroxyl groups excluding tert-OH is 1. The SMILES string of the molecule is O=C1C2C3CC(C2C(=O)N1CC1CCC[C@@H]1CN1CCC(c2n[nH]c4ccccc24)CC1)C(C(F)(F)F)C3O. The summed E-state index contributed by atoms with van der Waals surface area (Å²) < 4.78 is 40.9. The van der Waals surface area contributed by atoms with Gasteiger partial charge in [0.1, 0.15) is 0 Å². The molecule has 7 rings (SSSR count). The summed E-state index contributed by atoms with van der Waals surface area (Å²) in [6.45, 7) is 3.17. The molecule has 2 N–H and O–H groups in total. The van der Waals surface area contributed by atoms with Crippen molar-refractivity contribution in [3.8, 4) is 0 Å².